The molecule has 7 heteroatoms. The standard InChI is InChI=1S/C18H23N5O2/c1-12-20-10-13(16(22-12)15-7-5-9-23(15)2)11-21-17(24)14-6-4-8-19-18(14)25-3/h4,6,8,10,15H,5,7,9,11H2,1-3H3,(H,21,24)/t15-/m0/s1. The lowest BCUT2D eigenvalue weighted by Gasteiger charge is -2.21. The molecule has 0 bridgehead atoms. The summed E-state index contributed by atoms with van der Waals surface area (Å²) < 4.78 is 5.15. The molecule has 1 atom stereocenters. The second-order valence-corrected chi connectivity index (χ2v) is 6.21. The van der Waals surface area contributed by atoms with Crippen LogP contribution in [0.4, 0.5) is 0 Å². The maximum atomic E-state index is 12.5. The van der Waals surface area contributed by atoms with Crippen molar-refractivity contribution in [3.05, 3.63) is 47.2 Å². The van der Waals surface area contributed by atoms with Gasteiger partial charge in [0.25, 0.3) is 5.91 Å². The molecule has 1 N–H and O–H groups in total. The van der Waals surface area contributed by atoms with Crippen molar-refractivity contribution < 1.29 is 9.53 Å². The van der Waals surface area contributed by atoms with Gasteiger partial charge in [0.05, 0.1) is 18.8 Å². The molecule has 1 saturated heterocycles. The third kappa shape index (κ3) is 3.76. The van der Waals surface area contributed by atoms with E-state index in [0.29, 0.717) is 18.0 Å². The molecular weight excluding hydrogens is 318 g/mol. The number of amides is 1. The first-order valence-corrected chi connectivity index (χ1v) is 8.40. The third-order valence-corrected chi connectivity index (χ3v) is 4.50. The summed E-state index contributed by atoms with van der Waals surface area (Å²) in [6.07, 6.45) is 5.63. The number of aromatic nitrogens is 3. The van der Waals surface area contributed by atoms with Crippen LogP contribution < -0.4 is 10.1 Å². The van der Waals surface area contributed by atoms with E-state index >= 15 is 0 Å². The first-order chi connectivity index (χ1) is 12.1. The fourth-order valence-electron chi connectivity index (χ4n) is 3.19. The minimum atomic E-state index is -0.226. The van der Waals surface area contributed by atoms with Crippen molar-refractivity contribution in [3.8, 4) is 5.88 Å². The molecule has 3 rings (SSSR count). The summed E-state index contributed by atoms with van der Waals surface area (Å²) in [7, 11) is 3.61. The molecule has 2 aromatic heterocycles. The molecule has 1 aliphatic rings. The molecule has 25 heavy (non-hydrogen) atoms. The zero-order chi connectivity index (χ0) is 17.8. The molecule has 1 fully saturated rings. The lowest BCUT2D eigenvalue weighted by Crippen LogP contribution is -2.26. The van der Waals surface area contributed by atoms with Crippen LogP contribution in [-0.2, 0) is 6.54 Å². The van der Waals surface area contributed by atoms with Gasteiger partial charge in [-0.1, -0.05) is 0 Å². The molecule has 132 valence electrons. The van der Waals surface area contributed by atoms with Crippen LogP contribution in [-0.4, -0.2) is 46.5 Å². The first-order valence-electron chi connectivity index (χ1n) is 8.40. The van der Waals surface area contributed by atoms with Gasteiger partial charge in [-0.3, -0.25) is 9.69 Å². The molecule has 3 heterocycles. The van der Waals surface area contributed by atoms with Gasteiger partial charge in [0.1, 0.15) is 11.4 Å². The Bertz CT molecular complexity index is 765. The van der Waals surface area contributed by atoms with E-state index in [2.05, 4.69) is 32.2 Å². The number of carbonyl (C=O) groups excluding carboxylic acids is 1. The Morgan fingerprint density at radius 2 is 2.28 bits per heavy atom. The SMILES string of the molecule is COc1ncccc1C(=O)NCc1cnc(C)nc1[C@@H]1CCCN1C. The van der Waals surface area contributed by atoms with Crippen LogP contribution in [0.1, 0.15) is 46.3 Å². The van der Waals surface area contributed by atoms with Crippen molar-refractivity contribution >= 4 is 5.91 Å². The fourth-order valence-corrected chi connectivity index (χ4v) is 3.19. The second-order valence-electron chi connectivity index (χ2n) is 6.21. The van der Waals surface area contributed by atoms with E-state index in [9.17, 15) is 4.79 Å². The normalized spacial score (nSPS) is 17.5. The van der Waals surface area contributed by atoms with Crippen LogP contribution in [0.5, 0.6) is 5.88 Å². The van der Waals surface area contributed by atoms with Crippen LogP contribution in [0.25, 0.3) is 0 Å². The smallest absolute Gasteiger partial charge is 0.257 e. The Labute approximate surface area is 147 Å². The molecule has 0 unspecified atom stereocenters. The van der Waals surface area contributed by atoms with Crippen LogP contribution in [0, 0.1) is 6.92 Å². The van der Waals surface area contributed by atoms with Gasteiger partial charge in [-0.25, -0.2) is 15.0 Å². The first kappa shape index (κ1) is 17.3. The lowest BCUT2D eigenvalue weighted by molar-refractivity contribution is 0.0947. The molecular formula is C18H23N5O2. The van der Waals surface area contributed by atoms with Crippen molar-refractivity contribution in [2.24, 2.45) is 0 Å². The van der Waals surface area contributed by atoms with Gasteiger partial charge in [0.15, 0.2) is 0 Å². The molecule has 0 radical (unpaired) electrons. The van der Waals surface area contributed by atoms with E-state index in [4.69, 9.17) is 4.74 Å². The zero-order valence-electron chi connectivity index (χ0n) is 14.8. The highest BCUT2D eigenvalue weighted by Crippen LogP contribution is 2.31. The number of aryl methyl sites for hydroxylation is 1. The summed E-state index contributed by atoms with van der Waals surface area (Å²) in [5.41, 5.74) is 2.36. The Kier molecular flexibility index (Phi) is 5.23. The lowest BCUT2D eigenvalue weighted by atomic mass is 10.1. The highest BCUT2D eigenvalue weighted by molar-refractivity contribution is 5.96. The average Bonchev–Trinajstić information content (AvgIpc) is 3.06. The van der Waals surface area contributed by atoms with E-state index < -0.39 is 0 Å². The summed E-state index contributed by atoms with van der Waals surface area (Å²) >= 11 is 0. The topological polar surface area (TPSA) is 80.2 Å². The van der Waals surface area contributed by atoms with E-state index in [0.717, 1.165) is 36.5 Å². The van der Waals surface area contributed by atoms with Crippen LogP contribution in [0.3, 0.4) is 0 Å². The number of nitrogens with one attached hydrogen (secondary N) is 1. The van der Waals surface area contributed by atoms with Crippen LogP contribution in [0.2, 0.25) is 0 Å². The molecule has 0 spiro atoms. The number of ether oxygens (including phenoxy) is 1. The number of likely N-dealkylation sites (tertiary alicyclic amines) is 1. The molecule has 1 amide bonds. The van der Waals surface area contributed by atoms with Gasteiger partial charge in [-0.2, -0.15) is 0 Å². The van der Waals surface area contributed by atoms with E-state index in [1.54, 1.807) is 18.3 Å². The highest BCUT2D eigenvalue weighted by atomic mass is 16.5. The highest BCUT2D eigenvalue weighted by Gasteiger charge is 2.26. The maximum absolute atomic E-state index is 12.5. The summed E-state index contributed by atoms with van der Waals surface area (Å²) in [6.45, 7) is 3.32. The maximum Gasteiger partial charge on any atom is 0.257 e. The molecule has 1 aliphatic heterocycles. The molecule has 7 nitrogen and oxygen atoms in total. The summed E-state index contributed by atoms with van der Waals surface area (Å²) in [5, 5.41) is 2.93. The van der Waals surface area contributed by atoms with Gasteiger partial charge in [-0.15, -0.1) is 0 Å². The minimum Gasteiger partial charge on any atom is -0.480 e. The van der Waals surface area contributed by atoms with Gasteiger partial charge in [0, 0.05) is 24.5 Å². The number of hydrogen-bond donors (Lipinski definition) is 1. The van der Waals surface area contributed by atoms with E-state index in [1.165, 1.54) is 7.11 Å². The summed E-state index contributed by atoms with van der Waals surface area (Å²) in [4.78, 5) is 27.8. The largest absolute Gasteiger partial charge is 0.480 e. The quantitative estimate of drug-likeness (QED) is 0.894. The van der Waals surface area contributed by atoms with Gasteiger partial charge in [0.2, 0.25) is 5.88 Å². The van der Waals surface area contributed by atoms with Gasteiger partial charge in [-0.05, 0) is 45.5 Å². The number of methoxy groups -OCH3 is 1. The fraction of sp³-hybridized carbons (Fsp3) is 0.444. The summed E-state index contributed by atoms with van der Waals surface area (Å²) in [6, 6.07) is 3.69. The average molecular weight is 341 g/mol. The van der Waals surface area contributed by atoms with Crippen molar-refractivity contribution in [2.75, 3.05) is 20.7 Å². The minimum absolute atomic E-state index is 0.226. The Balaban J connectivity index is 1.78. The Morgan fingerprint density at radius 1 is 1.44 bits per heavy atom. The van der Waals surface area contributed by atoms with Crippen LogP contribution >= 0.6 is 0 Å². The van der Waals surface area contributed by atoms with Crippen molar-refractivity contribution in [3.63, 3.8) is 0 Å². The van der Waals surface area contributed by atoms with Crippen molar-refractivity contribution in [2.45, 2.75) is 32.4 Å². The van der Waals surface area contributed by atoms with E-state index in [1.807, 2.05) is 13.1 Å². The number of pyridine rings is 1. The number of carbonyl (C=O) groups is 1. The molecule has 2 aromatic rings. The molecule has 0 aromatic carbocycles. The Morgan fingerprint density at radius 3 is 3.00 bits per heavy atom. The second kappa shape index (κ2) is 7.57. The van der Waals surface area contributed by atoms with Gasteiger partial charge >= 0.3 is 0 Å². The Hall–Kier alpha value is -2.54. The number of hydrogen-bond acceptors (Lipinski definition) is 6. The third-order valence-electron chi connectivity index (χ3n) is 4.50. The molecule has 0 saturated carbocycles. The van der Waals surface area contributed by atoms with Crippen molar-refractivity contribution in [1.82, 2.24) is 25.2 Å². The summed E-state index contributed by atoms with van der Waals surface area (Å²) in [5.74, 6) is 0.839. The predicted octanol–water partition coefficient (Wildman–Crippen LogP) is 1.89. The number of nitrogens with zero attached hydrogens (tertiary/aromatic N) is 4. The molecule has 0 aliphatic carbocycles. The van der Waals surface area contributed by atoms with E-state index in [-0.39, 0.29) is 11.9 Å². The van der Waals surface area contributed by atoms with Gasteiger partial charge < -0.3 is 10.1 Å². The van der Waals surface area contributed by atoms with Crippen molar-refractivity contribution in [1.29, 1.82) is 0 Å². The monoisotopic (exact) mass is 341 g/mol. The predicted molar refractivity (Wildman–Crippen MR) is 93.3 cm³/mol. The van der Waals surface area contributed by atoms with Crippen LogP contribution in [0.15, 0.2) is 24.5 Å². The zero-order valence-corrected chi connectivity index (χ0v) is 14.8. The number of rotatable bonds is 5.